The molecule has 2 saturated heterocycles. The number of rotatable bonds is 5. The number of nitrogens with zero attached hydrogens (tertiary/aromatic N) is 1. The quantitative estimate of drug-likeness (QED) is 0.176. The van der Waals surface area contributed by atoms with E-state index in [1.807, 2.05) is 0 Å². The second kappa shape index (κ2) is 10.9. The van der Waals surface area contributed by atoms with Crippen molar-refractivity contribution in [1.82, 2.24) is 4.98 Å². The van der Waals surface area contributed by atoms with Crippen molar-refractivity contribution in [1.29, 1.82) is 0 Å². The van der Waals surface area contributed by atoms with Crippen molar-refractivity contribution in [3.05, 3.63) is 63.5 Å². The van der Waals surface area contributed by atoms with E-state index in [2.05, 4.69) is 115 Å². The SMILES string of the molecule is CC(C)c1nc2c(c3c1[C@@H](c1ccc(C4(C)COC4)cc1)OC31CCOCC1I)[C@@H](O[Si-](C)(C)C(C)(C)C)CC(C)(C)C2. The first-order valence-electron chi connectivity index (χ1n) is 16.3. The zero-order chi connectivity index (χ0) is 31.2. The van der Waals surface area contributed by atoms with Crippen LogP contribution in [0.5, 0.6) is 0 Å². The lowest BCUT2D eigenvalue weighted by molar-refractivity contribution is -0.113. The van der Waals surface area contributed by atoms with E-state index in [-0.39, 0.29) is 37.9 Å². The first-order chi connectivity index (χ1) is 20.0. The number of hydrogen-bond acceptors (Lipinski definition) is 5. The van der Waals surface area contributed by atoms with Crippen molar-refractivity contribution in [2.45, 2.75) is 126 Å². The smallest absolute Gasteiger partial charge is 0.111 e. The number of ether oxygens (including phenoxy) is 3. The van der Waals surface area contributed by atoms with E-state index in [4.69, 9.17) is 23.6 Å². The third-order valence-electron chi connectivity index (χ3n) is 11.0. The van der Waals surface area contributed by atoms with Crippen molar-refractivity contribution in [3.63, 3.8) is 0 Å². The van der Waals surface area contributed by atoms with Crippen LogP contribution in [-0.2, 0) is 36.1 Å². The standard InChI is InChI=1S/C36H52INO4Si/c1-22(2)31-29-30(28-25(38-31)17-34(6,7)18-26(28)42-43(9,10)33(3,4)5)36(15-16-39-19-27(36)37)41-32(29)23-11-13-24(14-12-23)35(8)20-40-21-35/h11-14,22,26-27,32H,15-21H2,1-10H3/q-1/t26-,27?,32+,36?/m0/s1. The summed E-state index contributed by atoms with van der Waals surface area (Å²) in [5.74, 6) is 0.280. The Bertz CT molecular complexity index is 1380. The lowest BCUT2D eigenvalue weighted by atomic mass is 9.69. The fraction of sp³-hybridized carbons (Fsp3) is 0.694. The van der Waals surface area contributed by atoms with Crippen LogP contribution in [0.4, 0.5) is 0 Å². The molecule has 237 valence electrons. The first kappa shape index (κ1) is 32.1. The molecule has 1 aromatic carbocycles. The molecular formula is C36H52INO4Si-. The zero-order valence-electron chi connectivity index (χ0n) is 28.0. The van der Waals surface area contributed by atoms with Gasteiger partial charge in [-0.05, 0) is 43.6 Å². The average Bonchev–Trinajstić information content (AvgIpc) is 3.22. The third-order valence-corrected chi connectivity index (χ3v) is 16.9. The summed E-state index contributed by atoms with van der Waals surface area (Å²) < 4.78 is 26.7. The van der Waals surface area contributed by atoms with Crippen molar-refractivity contribution < 1.29 is 18.6 Å². The number of benzene rings is 1. The molecule has 0 bridgehead atoms. The molecule has 43 heavy (non-hydrogen) atoms. The van der Waals surface area contributed by atoms with Crippen LogP contribution in [-0.4, -0.2) is 43.7 Å². The van der Waals surface area contributed by atoms with Crippen LogP contribution in [0.3, 0.4) is 0 Å². The van der Waals surface area contributed by atoms with Crippen LogP contribution in [0.1, 0.15) is 126 Å². The van der Waals surface area contributed by atoms with E-state index in [0.29, 0.717) is 13.2 Å². The Morgan fingerprint density at radius 2 is 1.70 bits per heavy atom. The number of halogens is 1. The molecule has 4 aliphatic rings. The second-order valence-electron chi connectivity index (χ2n) is 16.6. The molecule has 1 spiro atoms. The molecule has 5 nitrogen and oxygen atoms in total. The van der Waals surface area contributed by atoms with E-state index in [9.17, 15) is 0 Å². The van der Waals surface area contributed by atoms with Crippen molar-refractivity contribution in [2.24, 2.45) is 5.41 Å². The predicted octanol–water partition coefficient (Wildman–Crippen LogP) is 9.07. The average molecular weight is 718 g/mol. The summed E-state index contributed by atoms with van der Waals surface area (Å²) in [5.41, 5.74) is 8.78. The Kier molecular flexibility index (Phi) is 8.11. The van der Waals surface area contributed by atoms with Gasteiger partial charge in [0.05, 0.1) is 23.7 Å². The fourth-order valence-electron chi connectivity index (χ4n) is 7.40. The molecule has 7 heteroatoms. The van der Waals surface area contributed by atoms with Gasteiger partial charge < -0.3 is 18.6 Å². The summed E-state index contributed by atoms with van der Waals surface area (Å²) in [6.07, 6.45) is 2.66. The van der Waals surface area contributed by atoms with Gasteiger partial charge in [0, 0.05) is 52.6 Å². The molecule has 4 heterocycles. The maximum absolute atomic E-state index is 7.48. The maximum Gasteiger partial charge on any atom is 0.111 e. The summed E-state index contributed by atoms with van der Waals surface area (Å²) in [4.78, 5) is 5.59. The Balaban J connectivity index is 1.58. The van der Waals surface area contributed by atoms with Crippen LogP contribution in [0, 0.1) is 5.41 Å². The van der Waals surface area contributed by atoms with Gasteiger partial charge in [0.15, 0.2) is 0 Å². The van der Waals surface area contributed by atoms with Gasteiger partial charge >= 0.3 is 0 Å². The lowest BCUT2D eigenvalue weighted by Gasteiger charge is -2.54. The van der Waals surface area contributed by atoms with Gasteiger partial charge in [-0.1, -0.05) is 102 Å². The van der Waals surface area contributed by atoms with E-state index >= 15 is 0 Å². The topological polar surface area (TPSA) is 49.8 Å². The first-order valence-corrected chi connectivity index (χ1v) is 20.5. The molecule has 3 aliphatic heterocycles. The Hall–Kier alpha value is -0.843. The summed E-state index contributed by atoms with van der Waals surface area (Å²) >= 11 is 2.61. The monoisotopic (exact) mass is 717 g/mol. The van der Waals surface area contributed by atoms with Crippen LogP contribution in [0.25, 0.3) is 0 Å². The molecule has 0 radical (unpaired) electrons. The Labute approximate surface area is 274 Å². The van der Waals surface area contributed by atoms with Gasteiger partial charge in [-0.25, -0.2) is 0 Å². The molecule has 2 unspecified atom stereocenters. The maximum atomic E-state index is 7.48. The van der Waals surface area contributed by atoms with Gasteiger partial charge in [-0.2, -0.15) is 0 Å². The summed E-state index contributed by atoms with van der Waals surface area (Å²) in [7, 11) is -2.08. The van der Waals surface area contributed by atoms with E-state index in [1.54, 1.807) is 0 Å². The predicted molar refractivity (Wildman–Crippen MR) is 184 cm³/mol. The number of hydrogen-bond donors (Lipinski definition) is 0. The molecule has 0 N–H and O–H groups in total. The summed E-state index contributed by atoms with van der Waals surface area (Å²) in [6, 6.07) is 9.18. The highest BCUT2D eigenvalue weighted by Gasteiger charge is 2.56. The van der Waals surface area contributed by atoms with Crippen LogP contribution in [0.2, 0.25) is 18.1 Å². The zero-order valence-corrected chi connectivity index (χ0v) is 31.2. The molecule has 0 amide bonds. The highest BCUT2D eigenvalue weighted by atomic mass is 127. The molecule has 0 saturated carbocycles. The molecular weight excluding hydrogens is 665 g/mol. The number of fused-ring (bicyclic) bond motifs is 4. The normalized spacial score (nSPS) is 29.8. The van der Waals surface area contributed by atoms with Gasteiger partial charge in [0.2, 0.25) is 0 Å². The Morgan fingerprint density at radius 3 is 2.26 bits per heavy atom. The highest BCUT2D eigenvalue weighted by Crippen LogP contribution is 2.60. The largest absolute Gasteiger partial charge is 0.559 e. The summed E-state index contributed by atoms with van der Waals surface area (Å²) in [6.45, 7) is 26.5. The summed E-state index contributed by atoms with van der Waals surface area (Å²) in [5, 5.41) is 0.119. The molecule has 4 atom stereocenters. The van der Waals surface area contributed by atoms with Gasteiger partial charge in [0.25, 0.3) is 0 Å². The van der Waals surface area contributed by atoms with Crippen molar-refractivity contribution in [2.75, 3.05) is 26.4 Å². The second-order valence-corrected chi connectivity index (χ2v) is 22.8. The number of aromatic nitrogens is 1. The molecule has 6 rings (SSSR count). The van der Waals surface area contributed by atoms with Crippen molar-refractivity contribution in [3.8, 4) is 0 Å². The lowest BCUT2D eigenvalue weighted by Crippen LogP contribution is -2.47. The minimum Gasteiger partial charge on any atom is -0.559 e. The van der Waals surface area contributed by atoms with E-state index in [1.165, 1.54) is 39.2 Å². The van der Waals surface area contributed by atoms with Crippen LogP contribution < -0.4 is 0 Å². The molecule has 1 aromatic heterocycles. The highest BCUT2D eigenvalue weighted by molar-refractivity contribution is 14.1. The van der Waals surface area contributed by atoms with Gasteiger partial charge in [0.1, 0.15) is 11.7 Å². The van der Waals surface area contributed by atoms with Crippen LogP contribution in [0.15, 0.2) is 24.3 Å². The number of alkyl halides is 1. The minimum atomic E-state index is -2.08. The molecule has 1 aliphatic carbocycles. The van der Waals surface area contributed by atoms with E-state index < -0.39 is 13.9 Å². The molecule has 2 aromatic rings. The fourth-order valence-corrected chi connectivity index (χ4v) is 9.69. The van der Waals surface area contributed by atoms with Gasteiger partial charge in [-0.15, -0.1) is 18.1 Å². The minimum absolute atomic E-state index is 0.00807. The molecule has 2 fully saturated rings. The Morgan fingerprint density at radius 1 is 1.02 bits per heavy atom. The van der Waals surface area contributed by atoms with E-state index in [0.717, 1.165) is 32.5 Å². The van der Waals surface area contributed by atoms with Gasteiger partial charge in [-0.3, -0.25) is 4.98 Å². The van der Waals surface area contributed by atoms with Crippen LogP contribution >= 0.6 is 22.6 Å². The number of pyridine rings is 1. The third kappa shape index (κ3) is 5.39. The van der Waals surface area contributed by atoms with Crippen molar-refractivity contribution >= 4 is 30.9 Å².